The molecule has 124 valence electrons. The Balaban J connectivity index is 1.99. The molecule has 0 aliphatic carbocycles. The van der Waals surface area contributed by atoms with E-state index in [-0.39, 0.29) is 34.3 Å². The Morgan fingerprint density at radius 3 is 2.42 bits per heavy atom. The van der Waals surface area contributed by atoms with Gasteiger partial charge in [-0.15, -0.1) is 0 Å². The number of non-ortho nitro benzene ring substituents is 1. The molecule has 0 radical (unpaired) electrons. The van der Waals surface area contributed by atoms with Gasteiger partial charge >= 0.3 is 5.97 Å². The number of nitro groups is 1. The first-order chi connectivity index (χ1) is 11.4. The first-order valence-corrected chi connectivity index (χ1v) is 7.30. The number of carbonyl (C=O) groups is 2. The molecule has 2 aromatic carbocycles. The van der Waals surface area contributed by atoms with Gasteiger partial charge in [-0.2, -0.15) is 0 Å². The van der Waals surface area contributed by atoms with Crippen LogP contribution in [-0.4, -0.2) is 21.9 Å². The average Bonchev–Trinajstić information content (AvgIpc) is 2.54. The number of nitrogens with one attached hydrogen (secondary N) is 1. The van der Waals surface area contributed by atoms with Gasteiger partial charge in [-0.3, -0.25) is 14.9 Å². The Hall–Kier alpha value is -2.93. The van der Waals surface area contributed by atoms with Gasteiger partial charge in [-0.1, -0.05) is 23.7 Å². The zero-order chi connectivity index (χ0) is 17.7. The van der Waals surface area contributed by atoms with Crippen molar-refractivity contribution >= 4 is 34.9 Å². The second kappa shape index (κ2) is 7.56. The van der Waals surface area contributed by atoms with E-state index in [0.29, 0.717) is 6.42 Å². The monoisotopic (exact) mass is 348 g/mol. The number of carboxylic acids is 1. The summed E-state index contributed by atoms with van der Waals surface area (Å²) >= 11 is 5.75. The van der Waals surface area contributed by atoms with Crippen molar-refractivity contribution in [3.05, 3.63) is 68.7 Å². The summed E-state index contributed by atoms with van der Waals surface area (Å²) in [6.07, 6.45) is 0.485. The Labute approximate surface area is 142 Å². The van der Waals surface area contributed by atoms with Crippen LogP contribution < -0.4 is 5.32 Å². The van der Waals surface area contributed by atoms with E-state index in [2.05, 4.69) is 5.32 Å². The number of aromatic carboxylic acids is 1. The first-order valence-electron chi connectivity index (χ1n) is 6.93. The van der Waals surface area contributed by atoms with Gasteiger partial charge in [0.2, 0.25) is 5.91 Å². The topological polar surface area (TPSA) is 110 Å². The fourth-order valence-corrected chi connectivity index (χ4v) is 2.23. The predicted octanol–water partition coefficient (Wildman–Crippen LogP) is 3.52. The number of anilines is 1. The summed E-state index contributed by atoms with van der Waals surface area (Å²) in [5.74, 6) is -1.55. The van der Waals surface area contributed by atoms with Gasteiger partial charge in [0.25, 0.3) is 5.69 Å². The predicted molar refractivity (Wildman–Crippen MR) is 88.5 cm³/mol. The molecule has 24 heavy (non-hydrogen) atoms. The second-order valence-electron chi connectivity index (χ2n) is 4.97. The molecule has 0 aliphatic heterocycles. The van der Waals surface area contributed by atoms with Crippen LogP contribution in [0.5, 0.6) is 0 Å². The third kappa shape index (κ3) is 4.53. The van der Waals surface area contributed by atoms with E-state index < -0.39 is 10.9 Å². The molecular weight excluding hydrogens is 336 g/mol. The van der Waals surface area contributed by atoms with Crippen LogP contribution in [0.3, 0.4) is 0 Å². The van der Waals surface area contributed by atoms with Gasteiger partial charge in [-0.05, 0) is 30.2 Å². The summed E-state index contributed by atoms with van der Waals surface area (Å²) in [6, 6.07) is 10.1. The number of rotatable bonds is 6. The van der Waals surface area contributed by atoms with E-state index in [1.54, 1.807) is 12.1 Å². The fraction of sp³-hybridized carbons (Fsp3) is 0.125. The van der Waals surface area contributed by atoms with Crippen LogP contribution in [0.4, 0.5) is 11.4 Å². The molecule has 2 aromatic rings. The molecule has 0 atom stereocenters. The molecule has 8 heteroatoms. The van der Waals surface area contributed by atoms with Crippen LogP contribution in [-0.2, 0) is 11.2 Å². The fourth-order valence-electron chi connectivity index (χ4n) is 2.06. The molecule has 0 heterocycles. The van der Waals surface area contributed by atoms with E-state index in [1.807, 2.05) is 0 Å². The molecule has 1 amide bonds. The summed E-state index contributed by atoms with van der Waals surface area (Å²) in [7, 11) is 0. The van der Waals surface area contributed by atoms with Crippen LogP contribution in [0.25, 0.3) is 0 Å². The molecule has 2 rings (SSSR count). The Morgan fingerprint density at radius 1 is 1.17 bits per heavy atom. The molecule has 0 fully saturated rings. The number of amides is 1. The summed E-state index contributed by atoms with van der Waals surface area (Å²) in [5, 5.41) is 22.5. The highest BCUT2D eigenvalue weighted by Crippen LogP contribution is 2.21. The Morgan fingerprint density at radius 2 is 1.83 bits per heavy atom. The molecule has 0 aromatic heterocycles. The maximum atomic E-state index is 12.0. The number of halogens is 1. The average molecular weight is 349 g/mol. The number of nitrogens with zero attached hydrogens (tertiary/aromatic N) is 1. The highest BCUT2D eigenvalue weighted by atomic mass is 35.5. The Kier molecular flexibility index (Phi) is 5.49. The Bertz CT molecular complexity index is 790. The minimum Gasteiger partial charge on any atom is -0.478 e. The number of benzene rings is 2. The van der Waals surface area contributed by atoms with E-state index in [0.717, 1.165) is 5.56 Å². The summed E-state index contributed by atoms with van der Waals surface area (Å²) in [5.41, 5.74) is 0.826. The van der Waals surface area contributed by atoms with Crippen LogP contribution in [0.2, 0.25) is 5.02 Å². The molecule has 0 saturated heterocycles. The highest BCUT2D eigenvalue weighted by Gasteiger charge is 2.13. The first kappa shape index (κ1) is 17.4. The zero-order valence-corrected chi connectivity index (χ0v) is 13.1. The number of aryl methyl sites for hydroxylation is 1. The van der Waals surface area contributed by atoms with Crippen molar-refractivity contribution in [1.82, 2.24) is 0 Å². The van der Waals surface area contributed by atoms with Crippen LogP contribution in [0, 0.1) is 10.1 Å². The molecular formula is C16H13ClN2O5. The number of carbonyl (C=O) groups excluding carboxylic acids is 1. The number of carboxylic acid groups (broad SMARTS) is 1. The van der Waals surface area contributed by atoms with Crippen molar-refractivity contribution in [1.29, 1.82) is 0 Å². The quantitative estimate of drug-likeness (QED) is 0.613. The lowest BCUT2D eigenvalue weighted by atomic mass is 10.1. The minimum absolute atomic E-state index is 0.0181. The lowest BCUT2D eigenvalue weighted by Gasteiger charge is -2.09. The van der Waals surface area contributed by atoms with Gasteiger partial charge in [0.1, 0.15) is 0 Å². The van der Waals surface area contributed by atoms with E-state index in [9.17, 15) is 19.7 Å². The summed E-state index contributed by atoms with van der Waals surface area (Å²) < 4.78 is 0. The second-order valence-corrected chi connectivity index (χ2v) is 5.40. The lowest BCUT2D eigenvalue weighted by Crippen LogP contribution is -2.15. The molecule has 0 spiro atoms. The molecule has 2 N–H and O–H groups in total. The van der Waals surface area contributed by atoms with Crippen molar-refractivity contribution in [2.75, 3.05) is 5.32 Å². The standard InChI is InChI=1S/C16H13ClN2O5/c17-11-4-7-14(13(9-11)16(21)22)18-15(20)8-3-10-1-5-12(6-2-10)19(23)24/h1-2,4-7,9H,3,8H2,(H,18,20)(H,21,22). The lowest BCUT2D eigenvalue weighted by molar-refractivity contribution is -0.384. The third-order valence-electron chi connectivity index (χ3n) is 3.27. The maximum Gasteiger partial charge on any atom is 0.337 e. The van der Waals surface area contributed by atoms with Crippen LogP contribution >= 0.6 is 11.6 Å². The summed E-state index contributed by atoms with van der Waals surface area (Å²) in [4.78, 5) is 33.2. The van der Waals surface area contributed by atoms with Crippen molar-refractivity contribution in [3.8, 4) is 0 Å². The highest BCUT2D eigenvalue weighted by molar-refractivity contribution is 6.31. The van der Waals surface area contributed by atoms with Crippen molar-refractivity contribution < 1.29 is 19.6 Å². The van der Waals surface area contributed by atoms with E-state index in [4.69, 9.17) is 16.7 Å². The van der Waals surface area contributed by atoms with E-state index >= 15 is 0 Å². The van der Waals surface area contributed by atoms with Gasteiger partial charge in [0.05, 0.1) is 16.2 Å². The number of hydrogen-bond donors (Lipinski definition) is 2. The molecule has 0 saturated carbocycles. The zero-order valence-electron chi connectivity index (χ0n) is 12.4. The molecule has 7 nitrogen and oxygen atoms in total. The van der Waals surface area contributed by atoms with Gasteiger partial charge < -0.3 is 10.4 Å². The van der Waals surface area contributed by atoms with Crippen molar-refractivity contribution in [2.24, 2.45) is 0 Å². The van der Waals surface area contributed by atoms with Crippen molar-refractivity contribution in [2.45, 2.75) is 12.8 Å². The molecule has 0 bridgehead atoms. The smallest absolute Gasteiger partial charge is 0.337 e. The van der Waals surface area contributed by atoms with Crippen LogP contribution in [0.15, 0.2) is 42.5 Å². The van der Waals surface area contributed by atoms with E-state index in [1.165, 1.54) is 30.3 Å². The minimum atomic E-state index is -1.19. The number of hydrogen-bond acceptors (Lipinski definition) is 4. The normalized spacial score (nSPS) is 10.2. The SMILES string of the molecule is O=C(CCc1ccc([N+](=O)[O-])cc1)Nc1ccc(Cl)cc1C(=O)O. The molecule has 0 aliphatic rings. The summed E-state index contributed by atoms with van der Waals surface area (Å²) in [6.45, 7) is 0. The third-order valence-corrected chi connectivity index (χ3v) is 3.51. The van der Waals surface area contributed by atoms with Crippen LogP contribution in [0.1, 0.15) is 22.3 Å². The maximum absolute atomic E-state index is 12.0. The van der Waals surface area contributed by atoms with Gasteiger partial charge in [0.15, 0.2) is 0 Å². The molecule has 0 unspecified atom stereocenters. The van der Waals surface area contributed by atoms with Gasteiger partial charge in [-0.25, -0.2) is 4.79 Å². The number of nitro benzene ring substituents is 1. The largest absolute Gasteiger partial charge is 0.478 e. The van der Waals surface area contributed by atoms with Crippen molar-refractivity contribution in [3.63, 3.8) is 0 Å². The van der Waals surface area contributed by atoms with Gasteiger partial charge in [0, 0.05) is 23.6 Å².